The van der Waals surface area contributed by atoms with Crippen LogP contribution in [0.1, 0.15) is 96.1 Å². The van der Waals surface area contributed by atoms with Crippen molar-refractivity contribution in [3.05, 3.63) is 35.6 Å². The van der Waals surface area contributed by atoms with Crippen LogP contribution in [0.25, 0.3) is 0 Å². The van der Waals surface area contributed by atoms with Crippen LogP contribution >= 0.6 is 0 Å². The summed E-state index contributed by atoms with van der Waals surface area (Å²) >= 11 is 0. The lowest BCUT2D eigenvalue weighted by molar-refractivity contribution is -0.149. The lowest BCUT2D eigenvalue weighted by Crippen LogP contribution is -2.11. The normalized spacial score (nSPS) is 11.8. The molecular weight excluding hydrogens is 359 g/mol. The minimum Gasteiger partial charge on any atom is -0.466 e. The molecule has 0 bridgehead atoms. The zero-order valence-corrected chi connectivity index (χ0v) is 17.4. The van der Waals surface area contributed by atoms with Gasteiger partial charge in [-0.1, -0.05) is 70.1 Å². The molecule has 1 rings (SSSR count). The first-order valence-corrected chi connectivity index (χ1v) is 10.6. The Labute approximate surface area is 168 Å². The summed E-state index contributed by atoms with van der Waals surface area (Å²) in [6.45, 7) is 4.29. The summed E-state index contributed by atoms with van der Waals surface area (Å²) in [5.41, 5.74) is 0.348. The summed E-state index contributed by atoms with van der Waals surface area (Å²) in [7, 11) is 0. The van der Waals surface area contributed by atoms with Crippen LogP contribution in [0.5, 0.6) is 0 Å². The Hall–Kier alpha value is -1.91. The minimum absolute atomic E-state index is 0.117. The lowest BCUT2D eigenvalue weighted by Gasteiger charge is -2.14. The second-order valence-corrected chi connectivity index (χ2v) is 7.20. The van der Waals surface area contributed by atoms with E-state index < -0.39 is 17.9 Å². The van der Waals surface area contributed by atoms with Crippen molar-refractivity contribution in [2.45, 2.75) is 90.6 Å². The molecule has 158 valence electrons. The van der Waals surface area contributed by atoms with Crippen molar-refractivity contribution in [3.63, 3.8) is 0 Å². The minimum atomic E-state index is -0.650. The Kier molecular flexibility index (Phi) is 13.0. The van der Waals surface area contributed by atoms with Gasteiger partial charge in [-0.25, -0.2) is 4.39 Å². The van der Waals surface area contributed by atoms with E-state index in [1.807, 2.05) is 0 Å². The Morgan fingerprint density at radius 2 is 1.50 bits per heavy atom. The fourth-order valence-electron chi connectivity index (χ4n) is 3.00. The maximum absolute atomic E-state index is 13.7. The van der Waals surface area contributed by atoms with E-state index in [0.717, 1.165) is 12.8 Å². The first-order chi connectivity index (χ1) is 13.5. The topological polar surface area (TPSA) is 52.6 Å². The third-order valence-electron chi connectivity index (χ3n) is 4.67. The van der Waals surface area contributed by atoms with Gasteiger partial charge in [-0.15, -0.1) is 0 Å². The number of ether oxygens (including phenoxy) is 2. The molecule has 0 spiro atoms. The highest BCUT2D eigenvalue weighted by atomic mass is 19.1. The third-order valence-corrected chi connectivity index (χ3v) is 4.67. The summed E-state index contributed by atoms with van der Waals surface area (Å²) in [6.07, 6.45) is 9.63. The van der Waals surface area contributed by atoms with Crippen molar-refractivity contribution in [2.75, 3.05) is 6.61 Å². The number of rotatable bonds is 15. The van der Waals surface area contributed by atoms with E-state index in [9.17, 15) is 14.0 Å². The molecule has 0 radical (unpaired) electrons. The average molecular weight is 395 g/mol. The molecule has 0 saturated heterocycles. The molecule has 0 aliphatic carbocycles. The first kappa shape index (κ1) is 24.1. The van der Waals surface area contributed by atoms with Gasteiger partial charge >= 0.3 is 11.9 Å². The van der Waals surface area contributed by atoms with Crippen LogP contribution in [0.2, 0.25) is 0 Å². The molecule has 1 unspecified atom stereocenters. The average Bonchev–Trinajstić information content (AvgIpc) is 2.67. The monoisotopic (exact) mass is 394 g/mol. The van der Waals surface area contributed by atoms with Gasteiger partial charge in [-0.2, -0.15) is 0 Å². The number of hydrogen-bond acceptors (Lipinski definition) is 4. The van der Waals surface area contributed by atoms with Gasteiger partial charge in [0.25, 0.3) is 0 Å². The molecule has 0 N–H and O–H groups in total. The van der Waals surface area contributed by atoms with Gasteiger partial charge in [0.15, 0.2) is 0 Å². The zero-order chi connectivity index (χ0) is 20.6. The van der Waals surface area contributed by atoms with Crippen LogP contribution in [0.4, 0.5) is 4.39 Å². The van der Waals surface area contributed by atoms with E-state index in [1.165, 1.54) is 44.6 Å². The van der Waals surface area contributed by atoms with Crippen LogP contribution in [0.15, 0.2) is 24.3 Å². The number of unbranched alkanes of at least 4 members (excludes halogenated alkanes) is 7. The Bertz CT molecular complexity index is 573. The van der Waals surface area contributed by atoms with E-state index in [-0.39, 0.29) is 18.8 Å². The molecule has 0 aliphatic rings. The highest BCUT2D eigenvalue weighted by Gasteiger charge is 2.15. The molecule has 1 atom stereocenters. The predicted molar refractivity (Wildman–Crippen MR) is 108 cm³/mol. The molecule has 0 saturated carbocycles. The molecule has 1 aromatic carbocycles. The quantitative estimate of drug-likeness (QED) is 0.259. The fourth-order valence-corrected chi connectivity index (χ4v) is 3.00. The molecule has 0 heterocycles. The van der Waals surface area contributed by atoms with Crippen molar-refractivity contribution >= 4 is 11.9 Å². The van der Waals surface area contributed by atoms with Crippen LogP contribution in [-0.2, 0) is 19.1 Å². The first-order valence-electron chi connectivity index (χ1n) is 10.6. The van der Waals surface area contributed by atoms with Crippen molar-refractivity contribution in [1.82, 2.24) is 0 Å². The van der Waals surface area contributed by atoms with Gasteiger partial charge < -0.3 is 9.47 Å². The predicted octanol–water partition coefficient (Wildman–Crippen LogP) is 6.28. The zero-order valence-electron chi connectivity index (χ0n) is 17.4. The van der Waals surface area contributed by atoms with Gasteiger partial charge in [0.2, 0.25) is 0 Å². The molecule has 0 aromatic heterocycles. The van der Waals surface area contributed by atoms with E-state index in [1.54, 1.807) is 25.1 Å². The van der Waals surface area contributed by atoms with Crippen molar-refractivity contribution < 1.29 is 23.5 Å². The van der Waals surface area contributed by atoms with Gasteiger partial charge in [0.1, 0.15) is 11.9 Å². The molecular formula is C23H35FO4. The number of hydrogen-bond donors (Lipinski definition) is 0. The molecule has 0 aliphatic heterocycles. The van der Waals surface area contributed by atoms with Crippen LogP contribution < -0.4 is 0 Å². The number of benzene rings is 1. The van der Waals surface area contributed by atoms with Crippen LogP contribution in [0.3, 0.4) is 0 Å². The fraction of sp³-hybridized carbons (Fsp3) is 0.652. The van der Waals surface area contributed by atoms with Crippen LogP contribution in [-0.4, -0.2) is 18.5 Å². The van der Waals surface area contributed by atoms with Crippen molar-refractivity contribution in [1.29, 1.82) is 0 Å². The second-order valence-electron chi connectivity index (χ2n) is 7.20. The van der Waals surface area contributed by atoms with Gasteiger partial charge in [0, 0.05) is 18.4 Å². The summed E-state index contributed by atoms with van der Waals surface area (Å²) in [6, 6.07) is 6.22. The van der Waals surface area contributed by atoms with Crippen LogP contribution in [0, 0.1) is 5.82 Å². The molecule has 4 nitrogen and oxygen atoms in total. The Morgan fingerprint density at radius 1 is 0.893 bits per heavy atom. The van der Waals surface area contributed by atoms with Crippen molar-refractivity contribution in [2.24, 2.45) is 0 Å². The Morgan fingerprint density at radius 3 is 2.18 bits per heavy atom. The number of esters is 2. The highest BCUT2D eigenvalue weighted by molar-refractivity contribution is 5.72. The largest absolute Gasteiger partial charge is 0.466 e. The summed E-state index contributed by atoms with van der Waals surface area (Å²) in [5.74, 6) is -1.11. The number of carbonyl (C=O) groups is 2. The van der Waals surface area contributed by atoms with E-state index in [2.05, 4.69) is 6.92 Å². The summed E-state index contributed by atoms with van der Waals surface area (Å²) in [5, 5.41) is 0. The maximum atomic E-state index is 13.7. The summed E-state index contributed by atoms with van der Waals surface area (Å²) < 4.78 is 24.1. The highest BCUT2D eigenvalue weighted by Crippen LogP contribution is 2.20. The maximum Gasteiger partial charge on any atom is 0.306 e. The van der Waals surface area contributed by atoms with Gasteiger partial charge in [-0.3, -0.25) is 9.59 Å². The lowest BCUT2D eigenvalue weighted by atomic mass is 10.1. The number of carbonyl (C=O) groups excluding carboxylic acids is 2. The van der Waals surface area contributed by atoms with Gasteiger partial charge in [0.05, 0.1) is 6.61 Å². The van der Waals surface area contributed by atoms with Crippen molar-refractivity contribution in [3.8, 4) is 0 Å². The van der Waals surface area contributed by atoms with E-state index in [4.69, 9.17) is 9.47 Å². The summed E-state index contributed by atoms with van der Waals surface area (Å²) in [4.78, 5) is 23.5. The van der Waals surface area contributed by atoms with E-state index >= 15 is 0 Å². The Balaban J connectivity index is 2.03. The molecule has 5 heteroatoms. The number of halogens is 1. The molecule has 0 fully saturated rings. The molecule has 28 heavy (non-hydrogen) atoms. The third kappa shape index (κ3) is 11.1. The molecule has 1 aromatic rings. The van der Waals surface area contributed by atoms with Gasteiger partial charge in [-0.05, 0) is 25.8 Å². The van der Waals surface area contributed by atoms with E-state index in [0.29, 0.717) is 18.6 Å². The second kappa shape index (κ2) is 15.1. The SMILES string of the molecule is CCCCCCCCCCOC(=O)CCCC(=O)OC(C)c1ccccc1F. The standard InChI is InChI=1S/C23H35FO4/c1-3-4-5-6-7-8-9-12-18-27-22(25)16-13-17-23(26)28-19(2)20-14-10-11-15-21(20)24/h10-11,14-15,19H,3-9,12-13,16-18H2,1-2H3. The smallest absolute Gasteiger partial charge is 0.306 e. The molecule has 0 amide bonds.